The summed E-state index contributed by atoms with van der Waals surface area (Å²) in [6, 6.07) is 6.07. The Hall–Kier alpha value is -1.75. The first-order chi connectivity index (χ1) is 9.43. The Kier molecular flexibility index (Phi) is 6.31. The molecule has 0 aromatic heterocycles. The third-order valence-electron chi connectivity index (χ3n) is 2.72. The molecule has 0 saturated carbocycles. The summed E-state index contributed by atoms with van der Waals surface area (Å²) in [5.74, 6) is -0.985. The van der Waals surface area contributed by atoms with Gasteiger partial charge in [-0.25, -0.2) is 0 Å². The number of carbonyl (C=O) groups is 2. The van der Waals surface area contributed by atoms with Gasteiger partial charge in [-0.2, -0.15) is 0 Å². The monoisotopic (exact) mass is 293 g/mol. The van der Waals surface area contributed by atoms with Crippen molar-refractivity contribution in [1.29, 1.82) is 0 Å². The number of benzene rings is 1. The quantitative estimate of drug-likeness (QED) is 0.620. The van der Waals surface area contributed by atoms with Gasteiger partial charge in [-0.05, 0) is 25.5 Å². The molecule has 0 atom stereocenters. The molecule has 0 spiro atoms. The zero-order valence-corrected chi connectivity index (χ0v) is 12.6. The number of aliphatic carboxylic acids is 1. The number of carbonyl (C=O) groups excluding carboxylic acids is 1. The average Bonchev–Trinajstić information content (AvgIpc) is 2.38. The van der Waals surface area contributed by atoms with E-state index in [0.29, 0.717) is 0 Å². The summed E-state index contributed by atoms with van der Waals surface area (Å²) in [6.45, 7) is 7.49. The highest BCUT2D eigenvalue weighted by atomic mass is 32.2. The zero-order chi connectivity index (χ0) is 15.1. The molecule has 0 aliphatic carbocycles. The van der Waals surface area contributed by atoms with Gasteiger partial charge in [0.15, 0.2) is 0 Å². The normalized spacial score (nSPS) is 10.1. The Labute approximate surface area is 123 Å². The van der Waals surface area contributed by atoms with Crippen LogP contribution in [0.3, 0.4) is 0 Å². The first kappa shape index (κ1) is 16.3. The minimum Gasteiger partial charge on any atom is -0.480 e. The molecule has 1 aromatic carbocycles. The van der Waals surface area contributed by atoms with Crippen molar-refractivity contribution in [2.75, 3.05) is 18.8 Å². The number of hydrogen-bond donors (Lipinski definition) is 1. The highest BCUT2D eigenvalue weighted by Crippen LogP contribution is 2.23. The molecule has 1 N–H and O–H groups in total. The summed E-state index contributed by atoms with van der Waals surface area (Å²) in [7, 11) is 0. The van der Waals surface area contributed by atoms with Crippen LogP contribution in [0.1, 0.15) is 11.1 Å². The van der Waals surface area contributed by atoms with Crippen molar-refractivity contribution >= 4 is 23.6 Å². The predicted molar refractivity (Wildman–Crippen MR) is 81.1 cm³/mol. The number of hydrogen-bond acceptors (Lipinski definition) is 3. The summed E-state index contributed by atoms with van der Waals surface area (Å²) in [5, 5.41) is 8.79. The van der Waals surface area contributed by atoms with Crippen molar-refractivity contribution in [3.63, 3.8) is 0 Å². The summed E-state index contributed by atoms with van der Waals surface area (Å²) >= 11 is 1.43. The van der Waals surface area contributed by atoms with Crippen LogP contribution in [0, 0.1) is 13.8 Å². The van der Waals surface area contributed by atoms with Crippen molar-refractivity contribution in [3.05, 3.63) is 42.0 Å². The smallest absolute Gasteiger partial charge is 0.323 e. The number of carboxylic acids is 1. The minimum absolute atomic E-state index is 0.196. The van der Waals surface area contributed by atoms with Gasteiger partial charge in [-0.3, -0.25) is 9.59 Å². The van der Waals surface area contributed by atoms with Gasteiger partial charge in [0.05, 0.1) is 5.75 Å². The molecule has 0 bridgehead atoms. The van der Waals surface area contributed by atoms with Crippen LogP contribution in [0.25, 0.3) is 0 Å². The van der Waals surface area contributed by atoms with E-state index in [9.17, 15) is 9.59 Å². The van der Waals surface area contributed by atoms with E-state index >= 15 is 0 Å². The van der Waals surface area contributed by atoms with Gasteiger partial charge >= 0.3 is 5.97 Å². The lowest BCUT2D eigenvalue weighted by Crippen LogP contribution is -2.36. The Morgan fingerprint density at radius 3 is 2.70 bits per heavy atom. The van der Waals surface area contributed by atoms with Crippen LogP contribution in [-0.2, 0) is 9.59 Å². The molecule has 1 rings (SSSR count). The first-order valence-corrected chi connectivity index (χ1v) is 7.23. The van der Waals surface area contributed by atoms with E-state index in [4.69, 9.17) is 5.11 Å². The number of thioether (sulfide) groups is 1. The molecule has 5 heteroatoms. The van der Waals surface area contributed by atoms with Crippen LogP contribution in [0.4, 0.5) is 0 Å². The second kappa shape index (κ2) is 7.75. The summed E-state index contributed by atoms with van der Waals surface area (Å²) < 4.78 is 0. The molecule has 0 heterocycles. The predicted octanol–water partition coefficient (Wildman–Crippen LogP) is 2.49. The third kappa shape index (κ3) is 5.09. The van der Waals surface area contributed by atoms with Crippen LogP contribution < -0.4 is 0 Å². The maximum Gasteiger partial charge on any atom is 0.323 e. The van der Waals surface area contributed by atoms with E-state index in [1.165, 1.54) is 22.7 Å². The fourth-order valence-corrected chi connectivity index (χ4v) is 2.69. The maximum absolute atomic E-state index is 12.0. The van der Waals surface area contributed by atoms with Crippen LogP contribution in [-0.4, -0.2) is 40.7 Å². The molecule has 1 aromatic rings. The number of nitrogens with zero attached hydrogens (tertiary/aromatic N) is 1. The van der Waals surface area contributed by atoms with Crippen molar-refractivity contribution < 1.29 is 14.7 Å². The molecule has 108 valence electrons. The molecule has 20 heavy (non-hydrogen) atoms. The van der Waals surface area contributed by atoms with Gasteiger partial charge in [0, 0.05) is 11.4 Å². The van der Waals surface area contributed by atoms with E-state index < -0.39 is 5.97 Å². The molecule has 0 radical (unpaired) electrons. The molecule has 1 amide bonds. The molecular weight excluding hydrogens is 274 g/mol. The average molecular weight is 293 g/mol. The minimum atomic E-state index is -1.02. The molecule has 0 aliphatic heterocycles. The van der Waals surface area contributed by atoms with Gasteiger partial charge in [-0.1, -0.05) is 23.8 Å². The van der Waals surface area contributed by atoms with Crippen LogP contribution in [0.2, 0.25) is 0 Å². The van der Waals surface area contributed by atoms with Crippen LogP contribution >= 0.6 is 11.8 Å². The third-order valence-corrected chi connectivity index (χ3v) is 3.87. The van der Waals surface area contributed by atoms with Crippen molar-refractivity contribution in [3.8, 4) is 0 Å². The van der Waals surface area contributed by atoms with Gasteiger partial charge in [0.25, 0.3) is 0 Å². The number of rotatable bonds is 7. The lowest BCUT2D eigenvalue weighted by Gasteiger charge is -2.18. The standard InChI is InChI=1S/C15H19NO3S/c1-4-7-16(9-15(18)19)14(17)10-20-13-8-11(2)5-6-12(13)3/h4-6,8H,1,7,9-10H2,2-3H3,(H,18,19). The zero-order valence-electron chi connectivity index (χ0n) is 11.8. The topological polar surface area (TPSA) is 57.6 Å². The summed E-state index contributed by atoms with van der Waals surface area (Å²) in [6.07, 6.45) is 1.53. The van der Waals surface area contributed by atoms with Gasteiger partial charge in [0.1, 0.15) is 6.54 Å². The van der Waals surface area contributed by atoms with Crippen LogP contribution in [0.5, 0.6) is 0 Å². The van der Waals surface area contributed by atoms with E-state index in [0.717, 1.165) is 16.0 Å². The Morgan fingerprint density at radius 1 is 1.40 bits per heavy atom. The lowest BCUT2D eigenvalue weighted by atomic mass is 10.2. The maximum atomic E-state index is 12.0. The summed E-state index contributed by atoms with van der Waals surface area (Å²) in [4.78, 5) is 25.1. The molecular formula is C15H19NO3S. The molecule has 0 unspecified atom stereocenters. The lowest BCUT2D eigenvalue weighted by molar-refractivity contribution is -0.143. The number of amides is 1. The van der Waals surface area contributed by atoms with E-state index in [1.54, 1.807) is 0 Å². The van der Waals surface area contributed by atoms with E-state index in [2.05, 4.69) is 6.58 Å². The van der Waals surface area contributed by atoms with Crippen molar-refractivity contribution in [2.45, 2.75) is 18.7 Å². The van der Waals surface area contributed by atoms with Gasteiger partial charge in [-0.15, -0.1) is 18.3 Å². The number of carboxylic acid groups (broad SMARTS) is 1. The van der Waals surface area contributed by atoms with Gasteiger partial charge in [0.2, 0.25) is 5.91 Å². The van der Waals surface area contributed by atoms with Crippen molar-refractivity contribution in [1.82, 2.24) is 4.90 Å². The molecule has 0 aliphatic rings. The van der Waals surface area contributed by atoms with Crippen LogP contribution in [0.15, 0.2) is 35.7 Å². The Bertz CT molecular complexity index is 514. The second-order valence-corrected chi connectivity index (χ2v) is 5.53. The number of aryl methyl sites for hydroxylation is 2. The fraction of sp³-hybridized carbons (Fsp3) is 0.333. The molecule has 0 fully saturated rings. The van der Waals surface area contributed by atoms with E-state index in [-0.39, 0.29) is 24.7 Å². The fourth-order valence-electron chi connectivity index (χ4n) is 1.67. The second-order valence-electron chi connectivity index (χ2n) is 4.51. The SMILES string of the molecule is C=CCN(CC(=O)O)C(=O)CSc1cc(C)ccc1C. The Balaban J connectivity index is 2.66. The van der Waals surface area contributed by atoms with E-state index in [1.807, 2.05) is 32.0 Å². The van der Waals surface area contributed by atoms with Crippen molar-refractivity contribution in [2.24, 2.45) is 0 Å². The van der Waals surface area contributed by atoms with Gasteiger partial charge < -0.3 is 10.0 Å². The largest absolute Gasteiger partial charge is 0.480 e. The first-order valence-electron chi connectivity index (χ1n) is 6.24. The Morgan fingerprint density at radius 2 is 2.10 bits per heavy atom. The molecule has 0 saturated heterocycles. The highest BCUT2D eigenvalue weighted by molar-refractivity contribution is 8.00. The summed E-state index contributed by atoms with van der Waals surface area (Å²) in [5.41, 5.74) is 2.25. The molecule has 4 nitrogen and oxygen atoms in total. The highest BCUT2D eigenvalue weighted by Gasteiger charge is 2.15.